The number of carbonyl (C=O) groups excluding carboxylic acids is 13. The molecule has 0 saturated carbocycles. The van der Waals surface area contributed by atoms with E-state index in [1.54, 1.807) is 30.3 Å². The number of aliphatic hydroxyl groups is 1. The number of nitrogens with one attached hydrogen (secondary N) is 12. The zero-order valence-corrected chi connectivity index (χ0v) is 61.4. The van der Waals surface area contributed by atoms with E-state index in [9.17, 15) is 97.1 Å². The number of rotatable bonds is 52. The first-order chi connectivity index (χ1) is 50.5. The van der Waals surface area contributed by atoms with Crippen molar-refractivity contribution in [1.29, 1.82) is 0 Å². The third-order valence-electron chi connectivity index (χ3n) is 16.1. The van der Waals surface area contributed by atoms with Gasteiger partial charge in [-0.1, -0.05) is 95.8 Å². The molecule has 594 valence electrons. The molecule has 0 saturated heterocycles. The van der Waals surface area contributed by atoms with Crippen LogP contribution in [0.25, 0.3) is 0 Å². The van der Waals surface area contributed by atoms with Gasteiger partial charge >= 0.3 is 17.9 Å². The monoisotopic (exact) mass is 1530 g/mol. The van der Waals surface area contributed by atoms with Crippen molar-refractivity contribution in [3.63, 3.8) is 0 Å². The molecule has 25 N–H and O–H groups in total. The van der Waals surface area contributed by atoms with Crippen LogP contribution in [0, 0.1) is 5.92 Å². The number of thiol groups is 1. The summed E-state index contributed by atoms with van der Waals surface area (Å²) in [5, 5.41) is 78.0. The Hall–Kier alpha value is -10.7. The van der Waals surface area contributed by atoms with Crippen LogP contribution in [-0.2, 0) is 89.6 Å². The van der Waals surface area contributed by atoms with Crippen LogP contribution in [0.5, 0.6) is 5.75 Å². The molecular weight excluding hydrogens is 1420 g/mol. The minimum atomic E-state index is -2.03. The van der Waals surface area contributed by atoms with E-state index in [0.29, 0.717) is 36.8 Å². The van der Waals surface area contributed by atoms with E-state index in [2.05, 4.69) is 76.1 Å². The van der Waals surface area contributed by atoms with Crippen LogP contribution < -0.4 is 86.7 Å². The molecule has 0 spiro atoms. The van der Waals surface area contributed by atoms with Gasteiger partial charge in [-0.2, -0.15) is 12.6 Å². The second-order valence-electron chi connectivity index (χ2n) is 25.7. The molecular formula is C68H105N17O21S. The standard InChI is InChI=1S/C68H105N17O21S/c1-6-8-18-43(75-37(5)87)59(98)80-46(28-36(3)4)62(101)82-47(29-38-16-11-10-12-17-38)64(103)77-44(19-9-7-2)60(99)81-48(30-39-22-24-40(88)25-23-39)63(102)76-42(56(70)95)20-13-14-26-73-58(97)51(34-86)84-61(100)45(21-15-27-74-68(71)72)78-65(104)50(33-55(93)94)83-67(106)52(35-107)85-66(105)49(32-54(91)92)79-57(96)41(69)31-53(89)90/h10-12,16-17,22-25,36,41-52,86,88,107H,6-9,13-15,18-21,26-35,69H2,1-5H3,(H2,70,95)(H,73,97)(H,75,87)(H,76,102)(H,77,103)(H,78,104)(H,79,96)(H,80,98)(H,81,99)(H,82,101)(H,83,106)(H,84,100)(H,85,105)(H,89,90)(H,91,92)(H,93,94)(H4,71,72,74)/t41-,42-,43-,44-,45+,46-,47-,48-,49-,50-,51-,52-/m0/s1. The van der Waals surface area contributed by atoms with Gasteiger partial charge in [0.15, 0.2) is 5.96 Å². The maximum absolute atomic E-state index is 14.6. The summed E-state index contributed by atoms with van der Waals surface area (Å²) in [5.74, 6) is -18.5. The molecule has 2 aromatic rings. The van der Waals surface area contributed by atoms with E-state index in [4.69, 9.17) is 28.0 Å². The molecule has 0 bridgehead atoms. The highest BCUT2D eigenvalue weighted by Crippen LogP contribution is 2.16. The lowest BCUT2D eigenvalue weighted by atomic mass is 9.99. The van der Waals surface area contributed by atoms with Gasteiger partial charge in [-0.15, -0.1) is 0 Å². The Bertz CT molecular complexity index is 3370. The smallest absolute Gasteiger partial charge is 0.305 e. The van der Waals surface area contributed by atoms with Gasteiger partial charge in [0.1, 0.15) is 72.2 Å². The Morgan fingerprint density at radius 3 is 1.27 bits per heavy atom. The summed E-state index contributed by atoms with van der Waals surface area (Å²) in [6, 6.07) is -4.10. The van der Waals surface area contributed by atoms with Gasteiger partial charge in [0.25, 0.3) is 0 Å². The predicted molar refractivity (Wildman–Crippen MR) is 389 cm³/mol. The van der Waals surface area contributed by atoms with Crippen molar-refractivity contribution < 1.29 is 102 Å². The number of aliphatic hydroxyl groups excluding tert-OH is 1. The first-order valence-electron chi connectivity index (χ1n) is 34.9. The molecule has 2 rings (SSSR count). The first kappa shape index (κ1) is 92.4. The van der Waals surface area contributed by atoms with Gasteiger partial charge in [0.05, 0.1) is 31.9 Å². The zero-order valence-electron chi connectivity index (χ0n) is 60.5. The average molecular weight is 1530 g/mol. The van der Waals surface area contributed by atoms with E-state index < -0.39 is 199 Å². The lowest BCUT2D eigenvalue weighted by Crippen LogP contribution is -2.60. The molecule has 0 aliphatic rings. The number of hydrogen-bond donors (Lipinski definition) is 22. The number of aromatic hydroxyl groups is 1. The number of nitrogens with zero attached hydrogens (tertiary/aromatic N) is 1. The molecule has 0 aliphatic carbocycles. The summed E-state index contributed by atoms with van der Waals surface area (Å²) in [5.41, 5.74) is 23.3. The van der Waals surface area contributed by atoms with Crippen molar-refractivity contribution in [1.82, 2.24) is 63.8 Å². The number of hydrogen-bond acceptors (Lipinski definition) is 21. The highest BCUT2D eigenvalue weighted by molar-refractivity contribution is 7.80. The van der Waals surface area contributed by atoms with Gasteiger partial charge in [-0.05, 0) is 80.5 Å². The highest BCUT2D eigenvalue weighted by Gasteiger charge is 2.37. The molecule has 2 aromatic carbocycles. The van der Waals surface area contributed by atoms with Crippen LogP contribution in [0.4, 0.5) is 0 Å². The maximum atomic E-state index is 14.6. The average Bonchev–Trinajstić information content (AvgIpc) is 0.856. The van der Waals surface area contributed by atoms with Gasteiger partial charge in [0, 0.05) is 38.6 Å². The van der Waals surface area contributed by atoms with Crippen LogP contribution in [-0.4, -0.2) is 224 Å². The summed E-state index contributed by atoms with van der Waals surface area (Å²) in [6.07, 6.45) is -1.03. The predicted octanol–water partition coefficient (Wildman–Crippen LogP) is -4.54. The number of amides is 13. The van der Waals surface area contributed by atoms with Crippen molar-refractivity contribution in [2.24, 2.45) is 33.8 Å². The Balaban J connectivity index is 2.34. The number of phenols is 1. The van der Waals surface area contributed by atoms with Crippen LogP contribution in [0.15, 0.2) is 59.6 Å². The first-order valence-corrected chi connectivity index (χ1v) is 35.5. The molecule has 107 heavy (non-hydrogen) atoms. The van der Waals surface area contributed by atoms with Crippen molar-refractivity contribution in [2.75, 3.05) is 25.4 Å². The Labute approximate surface area is 623 Å². The van der Waals surface area contributed by atoms with Crippen LogP contribution in [0.2, 0.25) is 0 Å². The number of primary amides is 1. The molecule has 0 radical (unpaired) electrons. The summed E-state index contributed by atoms with van der Waals surface area (Å²) in [6.45, 7) is 7.37. The lowest BCUT2D eigenvalue weighted by Gasteiger charge is -2.28. The molecule has 0 aliphatic heterocycles. The number of benzene rings is 2. The molecule has 12 atom stereocenters. The molecule has 0 unspecified atom stereocenters. The number of aliphatic imine (C=N–C) groups is 1. The van der Waals surface area contributed by atoms with E-state index in [1.807, 2.05) is 33.0 Å². The summed E-state index contributed by atoms with van der Waals surface area (Å²) in [7, 11) is 0. The number of carbonyl (C=O) groups is 16. The summed E-state index contributed by atoms with van der Waals surface area (Å²) in [4.78, 5) is 215. The van der Waals surface area contributed by atoms with Crippen molar-refractivity contribution >= 4 is 113 Å². The van der Waals surface area contributed by atoms with Crippen LogP contribution in [0.1, 0.15) is 142 Å². The number of guanidine groups is 1. The number of unbranched alkanes of at least 4 members (excludes halogenated alkanes) is 3. The van der Waals surface area contributed by atoms with Gasteiger partial charge < -0.3 is 112 Å². The number of aliphatic carboxylic acids is 3. The zero-order chi connectivity index (χ0) is 80.5. The van der Waals surface area contributed by atoms with E-state index in [0.717, 1.165) is 6.42 Å². The quantitative estimate of drug-likeness (QED) is 0.0128. The van der Waals surface area contributed by atoms with Crippen molar-refractivity contribution in [3.05, 3.63) is 65.7 Å². The third kappa shape index (κ3) is 36.7. The van der Waals surface area contributed by atoms with Gasteiger partial charge in [0.2, 0.25) is 76.8 Å². The summed E-state index contributed by atoms with van der Waals surface area (Å²) >= 11 is 4.01. The minimum Gasteiger partial charge on any atom is -0.508 e. The molecule has 13 amide bonds. The second kappa shape index (κ2) is 49.2. The Kier molecular flexibility index (Phi) is 42.4. The highest BCUT2D eigenvalue weighted by atomic mass is 32.1. The fourth-order valence-electron chi connectivity index (χ4n) is 10.5. The third-order valence-corrected chi connectivity index (χ3v) is 16.5. The topological polar surface area (TPSA) is 635 Å². The molecule has 0 aromatic heterocycles. The molecule has 0 heterocycles. The fourth-order valence-corrected chi connectivity index (χ4v) is 10.7. The molecule has 0 fully saturated rings. The number of carboxylic acid groups (broad SMARTS) is 3. The van der Waals surface area contributed by atoms with Crippen LogP contribution in [0.3, 0.4) is 0 Å². The molecule has 39 heteroatoms. The van der Waals surface area contributed by atoms with Crippen molar-refractivity contribution in [2.45, 2.75) is 216 Å². The Morgan fingerprint density at radius 2 is 0.822 bits per heavy atom. The number of nitrogens with two attached hydrogens (primary N) is 4. The Morgan fingerprint density at radius 1 is 0.439 bits per heavy atom. The number of carboxylic acids is 3. The maximum Gasteiger partial charge on any atom is 0.305 e. The van der Waals surface area contributed by atoms with E-state index in [-0.39, 0.29) is 88.5 Å². The largest absolute Gasteiger partial charge is 0.508 e. The van der Waals surface area contributed by atoms with Crippen molar-refractivity contribution in [3.8, 4) is 5.75 Å². The lowest BCUT2D eigenvalue weighted by molar-refractivity contribution is -0.142. The fraction of sp³-hybridized carbons (Fsp3) is 0.574. The van der Waals surface area contributed by atoms with Gasteiger partial charge in [-0.25, -0.2) is 0 Å². The minimum absolute atomic E-state index is 0.0481. The van der Waals surface area contributed by atoms with Crippen LogP contribution >= 0.6 is 12.6 Å². The normalized spacial score (nSPS) is 14.3. The SMILES string of the molecule is CCCC[C@H](NC(C)=O)C(=O)N[C@@H](CC(C)C)C(=O)N[C@@H](Cc1ccccc1)C(=O)N[C@@H](CCCC)C(=O)N[C@@H](Cc1ccc(O)cc1)C(=O)N[C@@H](CCCCNC(=O)[C@H](CO)NC(=O)[C@@H](CCCN=C(N)N)NC(=O)[C@H](CC(=O)O)NC(=O)[C@H](CS)NC(=O)[C@H](CC(=O)O)NC(=O)[C@@H](N)CC(=O)O)C(N)=O. The van der Waals surface area contributed by atoms with E-state index in [1.165, 1.54) is 31.2 Å². The molecule has 38 nitrogen and oxygen atoms in total. The summed E-state index contributed by atoms with van der Waals surface area (Å²) < 4.78 is 0. The number of phenolic OH excluding ortho intramolecular Hbond substituents is 1. The van der Waals surface area contributed by atoms with Gasteiger partial charge in [-0.3, -0.25) is 81.7 Å². The second-order valence-corrected chi connectivity index (χ2v) is 26.1. The van der Waals surface area contributed by atoms with E-state index >= 15 is 0 Å².